The highest BCUT2D eigenvalue weighted by atomic mass is 16.5. The van der Waals surface area contributed by atoms with Crippen LogP contribution in [0.2, 0.25) is 0 Å². The lowest BCUT2D eigenvalue weighted by atomic mass is 10.1. The average molecular weight is 344 g/mol. The second-order valence-electron chi connectivity index (χ2n) is 5.40. The molecule has 7 nitrogen and oxygen atoms in total. The highest BCUT2D eigenvalue weighted by Gasteiger charge is 2.19. The van der Waals surface area contributed by atoms with Crippen molar-refractivity contribution in [1.82, 2.24) is 5.32 Å². The summed E-state index contributed by atoms with van der Waals surface area (Å²) in [5, 5.41) is 5.27. The minimum absolute atomic E-state index is 0.164. The predicted molar refractivity (Wildman–Crippen MR) is 91.4 cm³/mol. The molecule has 1 atom stereocenters. The van der Waals surface area contributed by atoms with Crippen molar-refractivity contribution < 1.29 is 23.5 Å². The Morgan fingerprint density at radius 1 is 1.24 bits per heavy atom. The molecule has 2 aromatic rings. The van der Waals surface area contributed by atoms with Crippen LogP contribution in [0, 0.1) is 6.92 Å². The molecule has 1 aromatic heterocycles. The van der Waals surface area contributed by atoms with Gasteiger partial charge < -0.3 is 19.8 Å². The van der Waals surface area contributed by atoms with Gasteiger partial charge in [-0.25, -0.2) is 4.79 Å². The quantitative estimate of drug-likeness (QED) is 0.785. The highest BCUT2D eigenvalue weighted by Crippen LogP contribution is 2.19. The number of benzene rings is 1. The Morgan fingerprint density at radius 3 is 2.64 bits per heavy atom. The zero-order chi connectivity index (χ0) is 18.4. The molecule has 0 saturated carbocycles. The lowest BCUT2D eigenvalue weighted by molar-refractivity contribution is -0.128. The number of anilines is 1. The van der Waals surface area contributed by atoms with Gasteiger partial charge in [-0.15, -0.1) is 0 Å². The van der Waals surface area contributed by atoms with E-state index >= 15 is 0 Å². The van der Waals surface area contributed by atoms with Gasteiger partial charge in [0.05, 0.1) is 11.8 Å². The number of rotatable bonds is 6. The number of ether oxygens (including phenoxy) is 1. The molecule has 2 rings (SSSR count). The molecule has 2 amide bonds. The zero-order valence-corrected chi connectivity index (χ0v) is 14.3. The van der Waals surface area contributed by atoms with Crippen LogP contribution in [0.15, 0.2) is 41.0 Å². The summed E-state index contributed by atoms with van der Waals surface area (Å²) >= 11 is 0. The summed E-state index contributed by atoms with van der Waals surface area (Å²) in [5.41, 5.74) is 1.46. The molecule has 0 aliphatic rings. The van der Waals surface area contributed by atoms with Crippen LogP contribution in [0.3, 0.4) is 0 Å². The molecule has 0 radical (unpaired) electrons. The topological polar surface area (TPSA) is 97.6 Å². The predicted octanol–water partition coefficient (Wildman–Crippen LogP) is 2.52. The third-order valence-corrected chi connectivity index (χ3v) is 3.47. The molecule has 0 bridgehead atoms. The molecule has 1 heterocycles. The number of esters is 1. The van der Waals surface area contributed by atoms with E-state index in [4.69, 9.17) is 9.15 Å². The zero-order valence-electron chi connectivity index (χ0n) is 14.3. The van der Waals surface area contributed by atoms with Gasteiger partial charge in [0.25, 0.3) is 11.8 Å². The SMILES string of the molecule is CCNC(=O)[C@H](C)OC(=O)c1ccc(C)c(NC(=O)c2ccco2)c1. The van der Waals surface area contributed by atoms with E-state index in [0.29, 0.717) is 12.2 Å². The van der Waals surface area contributed by atoms with Crippen LogP contribution in [0.25, 0.3) is 0 Å². The van der Waals surface area contributed by atoms with Crippen molar-refractivity contribution in [2.75, 3.05) is 11.9 Å². The monoisotopic (exact) mass is 344 g/mol. The fourth-order valence-electron chi connectivity index (χ4n) is 2.08. The molecule has 7 heteroatoms. The second-order valence-corrected chi connectivity index (χ2v) is 5.40. The third kappa shape index (κ3) is 4.69. The molecule has 0 fully saturated rings. The van der Waals surface area contributed by atoms with Crippen molar-refractivity contribution in [3.8, 4) is 0 Å². The van der Waals surface area contributed by atoms with E-state index < -0.39 is 18.0 Å². The third-order valence-electron chi connectivity index (χ3n) is 3.47. The Labute approximate surface area is 145 Å². The Balaban J connectivity index is 2.11. The van der Waals surface area contributed by atoms with Crippen LogP contribution < -0.4 is 10.6 Å². The summed E-state index contributed by atoms with van der Waals surface area (Å²) in [6, 6.07) is 7.91. The van der Waals surface area contributed by atoms with Crippen molar-refractivity contribution in [3.05, 3.63) is 53.5 Å². The number of aryl methyl sites for hydroxylation is 1. The van der Waals surface area contributed by atoms with Crippen LogP contribution in [-0.2, 0) is 9.53 Å². The van der Waals surface area contributed by atoms with Gasteiger partial charge in [-0.05, 0) is 50.6 Å². The maximum Gasteiger partial charge on any atom is 0.338 e. The van der Waals surface area contributed by atoms with E-state index in [2.05, 4.69) is 10.6 Å². The van der Waals surface area contributed by atoms with Gasteiger partial charge in [-0.3, -0.25) is 9.59 Å². The number of carbonyl (C=O) groups excluding carboxylic acids is 3. The first-order valence-electron chi connectivity index (χ1n) is 7.86. The smallest absolute Gasteiger partial charge is 0.338 e. The van der Waals surface area contributed by atoms with E-state index in [1.54, 1.807) is 32.0 Å². The highest BCUT2D eigenvalue weighted by molar-refractivity contribution is 6.03. The lowest BCUT2D eigenvalue weighted by Crippen LogP contribution is -2.35. The first kappa shape index (κ1) is 18.3. The van der Waals surface area contributed by atoms with Gasteiger partial charge in [0, 0.05) is 12.2 Å². The summed E-state index contributed by atoms with van der Waals surface area (Å²) in [6.07, 6.45) is 0.494. The number of nitrogens with one attached hydrogen (secondary N) is 2. The van der Waals surface area contributed by atoms with Gasteiger partial charge in [0.1, 0.15) is 0 Å². The minimum Gasteiger partial charge on any atom is -0.459 e. The van der Waals surface area contributed by atoms with Gasteiger partial charge in [0.2, 0.25) is 0 Å². The standard InChI is InChI=1S/C18H20N2O5/c1-4-19-16(21)12(3)25-18(23)13-8-7-11(2)14(10-13)20-17(22)15-6-5-9-24-15/h5-10,12H,4H2,1-3H3,(H,19,21)(H,20,22)/t12-/m0/s1. The van der Waals surface area contributed by atoms with E-state index in [1.807, 2.05) is 0 Å². The number of amides is 2. The molecule has 0 aliphatic heterocycles. The molecule has 25 heavy (non-hydrogen) atoms. The summed E-state index contributed by atoms with van der Waals surface area (Å²) in [5.74, 6) is -1.27. The van der Waals surface area contributed by atoms with Crippen LogP contribution in [0.1, 0.15) is 40.3 Å². The van der Waals surface area contributed by atoms with Gasteiger partial charge in [-0.2, -0.15) is 0 Å². The maximum absolute atomic E-state index is 12.2. The molecule has 132 valence electrons. The summed E-state index contributed by atoms with van der Waals surface area (Å²) in [7, 11) is 0. The van der Waals surface area contributed by atoms with Crippen molar-refractivity contribution in [1.29, 1.82) is 0 Å². The lowest BCUT2D eigenvalue weighted by Gasteiger charge is -2.14. The van der Waals surface area contributed by atoms with Crippen LogP contribution in [-0.4, -0.2) is 30.4 Å². The Kier molecular flexibility index (Phi) is 5.94. The first-order valence-corrected chi connectivity index (χ1v) is 7.86. The summed E-state index contributed by atoms with van der Waals surface area (Å²) < 4.78 is 10.2. The Hall–Kier alpha value is -3.09. The molecule has 0 saturated heterocycles. The average Bonchev–Trinajstić information content (AvgIpc) is 3.11. The Morgan fingerprint density at radius 2 is 2.00 bits per heavy atom. The van der Waals surface area contributed by atoms with Crippen molar-refractivity contribution in [2.24, 2.45) is 0 Å². The maximum atomic E-state index is 12.2. The number of likely N-dealkylation sites (N-methyl/N-ethyl adjacent to an activating group) is 1. The Bertz CT molecular complexity index is 768. The van der Waals surface area contributed by atoms with Gasteiger partial charge >= 0.3 is 5.97 Å². The molecule has 0 aliphatic carbocycles. The van der Waals surface area contributed by atoms with Gasteiger partial charge in [0.15, 0.2) is 11.9 Å². The van der Waals surface area contributed by atoms with E-state index in [9.17, 15) is 14.4 Å². The van der Waals surface area contributed by atoms with Crippen molar-refractivity contribution >= 4 is 23.5 Å². The van der Waals surface area contributed by atoms with E-state index in [0.717, 1.165) is 5.56 Å². The first-order chi connectivity index (χ1) is 11.9. The number of hydrogen-bond donors (Lipinski definition) is 2. The number of hydrogen-bond acceptors (Lipinski definition) is 5. The molecular weight excluding hydrogens is 324 g/mol. The molecular formula is C18H20N2O5. The minimum atomic E-state index is -0.907. The fraction of sp³-hybridized carbons (Fsp3) is 0.278. The normalized spacial score (nSPS) is 11.5. The van der Waals surface area contributed by atoms with Crippen LogP contribution >= 0.6 is 0 Å². The second kappa shape index (κ2) is 8.14. The van der Waals surface area contributed by atoms with Crippen LogP contribution in [0.5, 0.6) is 0 Å². The van der Waals surface area contributed by atoms with E-state index in [1.165, 1.54) is 25.3 Å². The van der Waals surface area contributed by atoms with Gasteiger partial charge in [-0.1, -0.05) is 6.07 Å². The van der Waals surface area contributed by atoms with Crippen molar-refractivity contribution in [2.45, 2.75) is 26.9 Å². The summed E-state index contributed by atoms with van der Waals surface area (Å²) in [6.45, 7) is 5.52. The summed E-state index contributed by atoms with van der Waals surface area (Å²) in [4.78, 5) is 35.9. The van der Waals surface area contributed by atoms with Crippen molar-refractivity contribution in [3.63, 3.8) is 0 Å². The fourth-order valence-corrected chi connectivity index (χ4v) is 2.08. The molecule has 0 unspecified atom stereocenters. The van der Waals surface area contributed by atoms with Crippen LogP contribution in [0.4, 0.5) is 5.69 Å². The number of carbonyl (C=O) groups is 3. The molecule has 1 aromatic carbocycles. The molecule has 0 spiro atoms. The van der Waals surface area contributed by atoms with E-state index in [-0.39, 0.29) is 17.2 Å². The number of furan rings is 1. The largest absolute Gasteiger partial charge is 0.459 e. The molecule has 2 N–H and O–H groups in total.